The number of aliphatic imine (C=N–C) groups is 1. The van der Waals surface area contributed by atoms with Gasteiger partial charge >= 0.3 is 0 Å². The Morgan fingerprint density at radius 1 is 0.935 bits per heavy atom. The molecule has 1 heterocycles. The van der Waals surface area contributed by atoms with E-state index in [1.165, 1.54) is 12.3 Å². The van der Waals surface area contributed by atoms with E-state index in [2.05, 4.69) is 20.6 Å². The van der Waals surface area contributed by atoms with Gasteiger partial charge in [0.2, 0.25) is 0 Å². The Balaban J connectivity index is 1.55. The highest BCUT2D eigenvalue weighted by Crippen LogP contribution is 2.27. The van der Waals surface area contributed by atoms with Crippen LogP contribution in [0.4, 0.5) is 4.39 Å². The molecule has 2 N–H and O–H groups in total. The number of methoxy groups -OCH3 is 2. The zero-order valence-electron chi connectivity index (χ0n) is 17.7. The van der Waals surface area contributed by atoms with E-state index >= 15 is 0 Å². The highest BCUT2D eigenvalue weighted by atomic mass is 19.1. The monoisotopic (exact) mass is 424 g/mol. The van der Waals surface area contributed by atoms with Crippen LogP contribution >= 0.6 is 0 Å². The van der Waals surface area contributed by atoms with E-state index < -0.39 is 5.82 Å². The van der Waals surface area contributed by atoms with Crippen molar-refractivity contribution in [2.75, 3.05) is 21.3 Å². The van der Waals surface area contributed by atoms with E-state index in [4.69, 9.17) is 14.2 Å². The van der Waals surface area contributed by atoms with E-state index in [1.807, 2.05) is 18.2 Å². The summed E-state index contributed by atoms with van der Waals surface area (Å²) < 4.78 is 30.5. The second-order valence-corrected chi connectivity index (χ2v) is 6.52. The summed E-state index contributed by atoms with van der Waals surface area (Å²) in [7, 11) is 4.87. The number of nitrogens with one attached hydrogen (secondary N) is 2. The molecule has 162 valence electrons. The van der Waals surface area contributed by atoms with Crippen molar-refractivity contribution in [2.45, 2.75) is 13.1 Å². The summed E-state index contributed by atoms with van der Waals surface area (Å²) in [5.74, 6) is 2.10. The molecule has 0 aliphatic heterocycles. The number of halogens is 1. The van der Waals surface area contributed by atoms with Crippen molar-refractivity contribution in [3.63, 3.8) is 0 Å². The summed E-state index contributed by atoms with van der Waals surface area (Å²) >= 11 is 0. The maximum Gasteiger partial charge on any atom is 0.191 e. The number of hydrogen-bond donors (Lipinski definition) is 2. The van der Waals surface area contributed by atoms with Gasteiger partial charge in [-0.3, -0.25) is 9.98 Å². The Hall–Kier alpha value is -3.81. The molecule has 0 spiro atoms. The van der Waals surface area contributed by atoms with Crippen molar-refractivity contribution in [3.8, 4) is 23.0 Å². The third-order valence-corrected chi connectivity index (χ3v) is 4.45. The molecule has 3 aromatic rings. The van der Waals surface area contributed by atoms with Crippen LogP contribution in [0.25, 0.3) is 0 Å². The molecule has 3 rings (SSSR count). The van der Waals surface area contributed by atoms with Gasteiger partial charge in [-0.05, 0) is 47.5 Å². The van der Waals surface area contributed by atoms with Gasteiger partial charge in [-0.25, -0.2) is 4.39 Å². The highest BCUT2D eigenvalue weighted by molar-refractivity contribution is 5.79. The molecule has 1 aromatic heterocycles. The predicted octanol–water partition coefficient (Wildman–Crippen LogP) is 3.90. The molecule has 0 bridgehead atoms. The summed E-state index contributed by atoms with van der Waals surface area (Å²) in [5, 5.41) is 6.39. The minimum absolute atomic E-state index is 0.146. The smallest absolute Gasteiger partial charge is 0.191 e. The molecule has 8 heteroatoms. The number of nitrogens with zero attached hydrogens (tertiary/aromatic N) is 2. The molecule has 0 amide bonds. The van der Waals surface area contributed by atoms with E-state index in [0.717, 1.165) is 11.1 Å². The van der Waals surface area contributed by atoms with Gasteiger partial charge in [0.25, 0.3) is 0 Å². The Labute approximate surface area is 180 Å². The summed E-state index contributed by atoms with van der Waals surface area (Å²) in [5.41, 5.74) is 1.76. The molecule has 2 aromatic carbocycles. The first kappa shape index (κ1) is 21.9. The lowest BCUT2D eigenvalue weighted by molar-refractivity contribution is 0.354. The topological polar surface area (TPSA) is 77.0 Å². The zero-order chi connectivity index (χ0) is 22.1. The van der Waals surface area contributed by atoms with Gasteiger partial charge in [-0.2, -0.15) is 0 Å². The third kappa shape index (κ3) is 6.08. The molecule has 31 heavy (non-hydrogen) atoms. The number of rotatable bonds is 8. The normalized spacial score (nSPS) is 11.0. The molecule has 0 saturated heterocycles. The molecule has 0 radical (unpaired) electrons. The minimum atomic E-state index is -0.448. The summed E-state index contributed by atoms with van der Waals surface area (Å²) in [6, 6.07) is 14.0. The van der Waals surface area contributed by atoms with Gasteiger partial charge in [0.15, 0.2) is 29.0 Å². The predicted molar refractivity (Wildman–Crippen MR) is 117 cm³/mol. The lowest BCUT2D eigenvalue weighted by Gasteiger charge is -2.14. The van der Waals surface area contributed by atoms with Crippen LogP contribution in [-0.2, 0) is 13.1 Å². The van der Waals surface area contributed by atoms with Gasteiger partial charge < -0.3 is 24.8 Å². The third-order valence-electron chi connectivity index (χ3n) is 4.45. The molecule has 7 nitrogen and oxygen atoms in total. The molecular weight excluding hydrogens is 399 g/mol. The number of hydrogen-bond acceptors (Lipinski definition) is 5. The van der Waals surface area contributed by atoms with Gasteiger partial charge in [0.1, 0.15) is 5.75 Å². The van der Waals surface area contributed by atoms with Crippen LogP contribution in [-0.4, -0.2) is 32.2 Å². The molecular formula is C23H25FN4O3. The second-order valence-electron chi connectivity index (χ2n) is 6.52. The van der Waals surface area contributed by atoms with Gasteiger partial charge in [0.05, 0.1) is 20.4 Å². The van der Waals surface area contributed by atoms with Crippen LogP contribution in [0.3, 0.4) is 0 Å². The molecule has 0 aliphatic carbocycles. The van der Waals surface area contributed by atoms with Crippen LogP contribution in [0, 0.1) is 5.82 Å². The van der Waals surface area contributed by atoms with E-state index in [-0.39, 0.29) is 5.75 Å². The highest BCUT2D eigenvalue weighted by Gasteiger charge is 2.08. The Morgan fingerprint density at radius 2 is 1.61 bits per heavy atom. The summed E-state index contributed by atoms with van der Waals surface area (Å²) in [4.78, 5) is 8.16. The van der Waals surface area contributed by atoms with E-state index in [9.17, 15) is 4.39 Å². The lowest BCUT2D eigenvalue weighted by atomic mass is 10.2. The van der Waals surface area contributed by atoms with Gasteiger partial charge in [-0.1, -0.05) is 12.1 Å². The lowest BCUT2D eigenvalue weighted by Crippen LogP contribution is -2.36. The average Bonchev–Trinajstić information content (AvgIpc) is 2.81. The average molecular weight is 424 g/mol. The molecule has 0 saturated carbocycles. The fourth-order valence-electron chi connectivity index (χ4n) is 2.85. The fraction of sp³-hybridized carbons (Fsp3) is 0.217. The number of benzene rings is 2. The van der Waals surface area contributed by atoms with Crippen LogP contribution < -0.4 is 24.8 Å². The quantitative estimate of drug-likeness (QED) is 0.422. The first-order chi connectivity index (χ1) is 15.1. The largest absolute Gasteiger partial charge is 0.493 e. The molecule has 0 atom stereocenters. The van der Waals surface area contributed by atoms with Crippen molar-refractivity contribution in [3.05, 3.63) is 77.9 Å². The number of ether oxygens (including phenoxy) is 3. The molecule has 0 fully saturated rings. The summed E-state index contributed by atoms with van der Waals surface area (Å²) in [6.07, 6.45) is 3.16. The van der Waals surface area contributed by atoms with E-state index in [1.54, 1.807) is 51.7 Å². The Bertz CT molecular complexity index is 1030. The van der Waals surface area contributed by atoms with Crippen molar-refractivity contribution in [1.82, 2.24) is 15.6 Å². The Kier molecular flexibility index (Phi) is 7.64. The first-order valence-electron chi connectivity index (χ1n) is 9.64. The number of guanidine groups is 1. The number of pyridine rings is 1. The zero-order valence-corrected chi connectivity index (χ0v) is 17.7. The Morgan fingerprint density at radius 3 is 2.19 bits per heavy atom. The van der Waals surface area contributed by atoms with Gasteiger partial charge in [-0.15, -0.1) is 0 Å². The number of aromatic nitrogens is 1. The standard InChI is InChI=1S/C23H25FN4O3/c1-25-23(28-14-17-7-9-21(29-2)22(12-17)30-3)27-13-16-6-8-20(19(24)11-16)31-18-5-4-10-26-15-18/h4-12,15H,13-14H2,1-3H3,(H2,25,27,28). The van der Waals surface area contributed by atoms with Crippen molar-refractivity contribution in [1.29, 1.82) is 0 Å². The second kappa shape index (κ2) is 10.8. The SMILES string of the molecule is CN=C(NCc1ccc(Oc2cccnc2)c(F)c1)NCc1ccc(OC)c(OC)c1. The van der Waals surface area contributed by atoms with Crippen LogP contribution in [0.5, 0.6) is 23.0 Å². The minimum Gasteiger partial charge on any atom is -0.493 e. The van der Waals surface area contributed by atoms with Crippen LogP contribution in [0.1, 0.15) is 11.1 Å². The maximum absolute atomic E-state index is 14.4. The van der Waals surface area contributed by atoms with Gasteiger partial charge in [0, 0.05) is 26.3 Å². The van der Waals surface area contributed by atoms with Crippen molar-refractivity contribution >= 4 is 5.96 Å². The fourth-order valence-corrected chi connectivity index (χ4v) is 2.85. The van der Waals surface area contributed by atoms with Crippen LogP contribution in [0.15, 0.2) is 65.9 Å². The summed E-state index contributed by atoms with van der Waals surface area (Å²) in [6.45, 7) is 0.933. The van der Waals surface area contributed by atoms with Crippen LogP contribution in [0.2, 0.25) is 0 Å². The van der Waals surface area contributed by atoms with Crippen molar-refractivity contribution in [2.24, 2.45) is 4.99 Å². The van der Waals surface area contributed by atoms with E-state index in [0.29, 0.717) is 36.3 Å². The molecule has 0 unspecified atom stereocenters. The maximum atomic E-state index is 14.4. The molecule has 0 aliphatic rings. The van der Waals surface area contributed by atoms with Crippen molar-refractivity contribution < 1.29 is 18.6 Å². The first-order valence-corrected chi connectivity index (χ1v) is 9.64.